The van der Waals surface area contributed by atoms with E-state index in [9.17, 15) is 16.8 Å². The van der Waals surface area contributed by atoms with Crippen LogP contribution in [-0.2, 0) is 20.0 Å². The van der Waals surface area contributed by atoms with Gasteiger partial charge in [0, 0.05) is 25.7 Å². The quantitative estimate of drug-likeness (QED) is 0.593. The van der Waals surface area contributed by atoms with Crippen molar-refractivity contribution in [1.29, 1.82) is 0 Å². The maximum absolute atomic E-state index is 12.3. The molecule has 1 aromatic carbocycles. The molecule has 0 radical (unpaired) electrons. The van der Waals surface area contributed by atoms with Crippen molar-refractivity contribution < 1.29 is 26.3 Å². The van der Waals surface area contributed by atoms with Crippen molar-refractivity contribution >= 4 is 20.0 Å². The fraction of sp³-hybridized carbons (Fsp3) is 0.429. The third-order valence-electron chi connectivity index (χ3n) is 3.12. The van der Waals surface area contributed by atoms with Gasteiger partial charge in [0.15, 0.2) is 11.5 Å². The molecule has 0 saturated heterocycles. The molecule has 24 heavy (non-hydrogen) atoms. The number of methoxy groups -OCH3 is 2. The number of benzene rings is 1. The van der Waals surface area contributed by atoms with Gasteiger partial charge in [0.2, 0.25) is 20.0 Å². The normalized spacial score (nSPS) is 12.2. The summed E-state index contributed by atoms with van der Waals surface area (Å²) in [5.74, 6) is 0.690. The average molecular weight is 378 g/mol. The summed E-state index contributed by atoms with van der Waals surface area (Å²) in [7, 11) is -4.39. The second kappa shape index (κ2) is 8.47. The third-order valence-corrected chi connectivity index (χ3v) is 5.85. The van der Waals surface area contributed by atoms with Gasteiger partial charge in [-0.15, -0.1) is 6.58 Å². The molecule has 1 aromatic rings. The molecule has 0 amide bonds. The maximum atomic E-state index is 12.3. The van der Waals surface area contributed by atoms with Gasteiger partial charge in [-0.25, -0.2) is 21.6 Å². The molecule has 0 bridgehead atoms. The van der Waals surface area contributed by atoms with Gasteiger partial charge in [-0.1, -0.05) is 6.08 Å². The van der Waals surface area contributed by atoms with Gasteiger partial charge in [0.1, 0.15) is 0 Å². The van der Waals surface area contributed by atoms with Gasteiger partial charge in [-0.2, -0.15) is 4.31 Å². The zero-order valence-electron chi connectivity index (χ0n) is 13.9. The Balaban J connectivity index is 2.85. The minimum Gasteiger partial charge on any atom is -0.493 e. The number of nitrogens with one attached hydrogen (secondary N) is 1. The molecule has 0 saturated carbocycles. The molecule has 0 spiro atoms. The van der Waals surface area contributed by atoms with E-state index < -0.39 is 20.0 Å². The summed E-state index contributed by atoms with van der Waals surface area (Å²) in [5.41, 5.74) is 0. The van der Waals surface area contributed by atoms with E-state index in [-0.39, 0.29) is 30.3 Å². The van der Waals surface area contributed by atoms with Crippen LogP contribution in [0.15, 0.2) is 35.7 Å². The summed E-state index contributed by atoms with van der Waals surface area (Å²) in [6.45, 7) is 3.52. The van der Waals surface area contributed by atoms with E-state index in [0.29, 0.717) is 5.75 Å². The summed E-state index contributed by atoms with van der Waals surface area (Å²) in [6.07, 6.45) is 2.49. The Morgan fingerprint density at radius 3 is 2.29 bits per heavy atom. The van der Waals surface area contributed by atoms with Crippen LogP contribution in [0.25, 0.3) is 0 Å². The lowest BCUT2D eigenvalue weighted by Crippen LogP contribution is -2.38. The van der Waals surface area contributed by atoms with E-state index >= 15 is 0 Å². The summed E-state index contributed by atoms with van der Waals surface area (Å²) < 4.78 is 61.3. The van der Waals surface area contributed by atoms with Crippen LogP contribution in [0.4, 0.5) is 0 Å². The van der Waals surface area contributed by atoms with Crippen LogP contribution in [0.1, 0.15) is 0 Å². The van der Waals surface area contributed by atoms with Crippen LogP contribution in [0.3, 0.4) is 0 Å². The molecule has 0 unspecified atom stereocenters. The van der Waals surface area contributed by atoms with Gasteiger partial charge in [0.25, 0.3) is 0 Å². The van der Waals surface area contributed by atoms with Gasteiger partial charge in [-0.05, 0) is 12.1 Å². The molecule has 0 heterocycles. The third kappa shape index (κ3) is 5.48. The predicted molar refractivity (Wildman–Crippen MR) is 91.3 cm³/mol. The molecule has 0 aliphatic heterocycles. The molecule has 0 aliphatic carbocycles. The first-order valence-corrected chi connectivity index (χ1v) is 10.3. The largest absolute Gasteiger partial charge is 0.493 e. The van der Waals surface area contributed by atoms with Crippen LogP contribution in [0.5, 0.6) is 11.5 Å². The zero-order chi connectivity index (χ0) is 18.4. The minimum atomic E-state index is -3.81. The number of hydrogen-bond donors (Lipinski definition) is 1. The van der Waals surface area contributed by atoms with E-state index in [2.05, 4.69) is 11.3 Å². The van der Waals surface area contributed by atoms with Gasteiger partial charge >= 0.3 is 0 Å². The van der Waals surface area contributed by atoms with E-state index in [4.69, 9.17) is 9.47 Å². The zero-order valence-corrected chi connectivity index (χ0v) is 15.5. The molecule has 8 nitrogen and oxygen atoms in total. The topological polar surface area (TPSA) is 102 Å². The molecule has 1 N–H and O–H groups in total. The van der Waals surface area contributed by atoms with Gasteiger partial charge in [-0.3, -0.25) is 0 Å². The van der Waals surface area contributed by atoms with Crippen molar-refractivity contribution in [3.63, 3.8) is 0 Å². The molecular weight excluding hydrogens is 356 g/mol. The van der Waals surface area contributed by atoms with Crippen molar-refractivity contribution in [3.8, 4) is 11.5 Å². The first-order chi connectivity index (χ1) is 11.2. The van der Waals surface area contributed by atoms with Crippen molar-refractivity contribution in [1.82, 2.24) is 9.03 Å². The fourth-order valence-corrected chi connectivity index (χ4v) is 3.74. The highest BCUT2D eigenvalue weighted by molar-refractivity contribution is 7.89. The van der Waals surface area contributed by atoms with Crippen molar-refractivity contribution in [2.45, 2.75) is 4.90 Å². The summed E-state index contributed by atoms with van der Waals surface area (Å²) in [5, 5.41) is 0. The Bertz CT molecular complexity index is 774. The Hall–Kier alpha value is -1.62. The predicted octanol–water partition coefficient (Wildman–Crippen LogP) is 0.430. The molecular formula is C14H22N2O6S2. The minimum absolute atomic E-state index is 0.00261. The molecule has 0 atom stereocenters. The number of nitrogens with zero attached hydrogens (tertiary/aromatic N) is 1. The molecule has 10 heteroatoms. The Morgan fingerprint density at radius 1 is 1.17 bits per heavy atom. The number of ether oxygens (including phenoxy) is 2. The molecule has 136 valence electrons. The van der Waals surface area contributed by atoms with E-state index in [1.165, 1.54) is 38.5 Å². The standard InChI is InChI=1S/C14H22N2O6S2/c1-5-9-16(23(4,17)18)10-8-15-24(19,20)12-6-7-13(21-2)14(11-12)22-3/h5-7,11,15H,1,8-10H2,2-4H3. The van der Waals surface area contributed by atoms with Crippen LogP contribution in [0.2, 0.25) is 0 Å². The van der Waals surface area contributed by atoms with Crippen LogP contribution < -0.4 is 14.2 Å². The number of rotatable bonds is 10. The maximum Gasteiger partial charge on any atom is 0.240 e. The summed E-state index contributed by atoms with van der Waals surface area (Å²) in [4.78, 5) is -0.00484. The molecule has 1 rings (SSSR count). The Kier molecular flexibility index (Phi) is 7.21. The van der Waals surface area contributed by atoms with Crippen LogP contribution in [-0.4, -0.2) is 61.3 Å². The summed E-state index contributed by atoms with van der Waals surface area (Å²) >= 11 is 0. The highest BCUT2D eigenvalue weighted by Gasteiger charge is 2.19. The van der Waals surface area contributed by atoms with E-state index in [0.717, 1.165) is 10.6 Å². The number of hydrogen-bond acceptors (Lipinski definition) is 6. The van der Waals surface area contributed by atoms with Gasteiger partial charge in [0.05, 0.1) is 25.4 Å². The summed E-state index contributed by atoms with van der Waals surface area (Å²) in [6, 6.07) is 4.19. The van der Waals surface area contributed by atoms with Crippen LogP contribution >= 0.6 is 0 Å². The van der Waals surface area contributed by atoms with E-state index in [1.54, 1.807) is 0 Å². The van der Waals surface area contributed by atoms with Crippen molar-refractivity contribution in [3.05, 3.63) is 30.9 Å². The van der Waals surface area contributed by atoms with Crippen LogP contribution in [0, 0.1) is 0 Å². The Morgan fingerprint density at radius 2 is 1.79 bits per heavy atom. The molecule has 0 aliphatic rings. The lowest BCUT2D eigenvalue weighted by Gasteiger charge is -2.18. The van der Waals surface area contributed by atoms with Gasteiger partial charge < -0.3 is 9.47 Å². The highest BCUT2D eigenvalue weighted by atomic mass is 32.2. The first kappa shape index (κ1) is 20.4. The Labute approximate surface area is 143 Å². The molecule has 0 aromatic heterocycles. The smallest absolute Gasteiger partial charge is 0.240 e. The van der Waals surface area contributed by atoms with Crippen molar-refractivity contribution in [2.75, 3.05) is 40.1 Å². The number of sulfonamides is 2. The average Bonchev–Trinajstić information content (AvgIpc) is 2.52. The fourth-order valence-electron chi connectivity index (χ4n) is 1.91. The lowest BCUT2D eigenvalue weighted by molar-refractivity contribution is 0.354. The molecule has 0 fully saturated rings. The SMILES string of the molecule is C=CCN(CCNS(=O)(=O)c1ccc(OC)c(OC)c1)S(C)(=O)=O. The lowest BCUT2D eigenvalue weighted by atomic mass is 10.3. The highest BCUT2D eigenvalue weighted by Crippen LogP contribution is 2.29. The second-order valence-corrected chi connectivity index (χ2v) is 8.57. The van der Waals surface area contributed by atoms with Crippen molar-refractivity contribution in [2.24, 2.45) is 0 Å². The second-order valence-electron chi connectivity index (χ2n) is 4.82. The monoisotopic (exact) mass is 378 g/mol. The first-order valence-electron chi connectivity index (χ1n) is 6.93. The van der Waals surface area contributed by atoms with E-state index in [1.807, 2.05) is 0 Å².